The zero-order valence-corrected chi connectivity index (χ0v) is 14.9. The van der Waals surface area contributed by atoms with Gasteiger partial charge in [-0.05, 0) is 26.3 Å². The molecule has 24 heavy (non-hydrogen) atoms. The summed E-state index contributed by atoms with van der Waals surface area (Å²) in [6.07, 6.45) is 1.46. The van der Waals surface area contributed by atoms with Crippen LogP contribution in [0, 0.1) is 0 Å². The number of carbonyl (C=O) groups excluding carboxylic acids is 1. The number of rotatable bonds is 6. The monoisotopic (exact) mass is 332 g/mol. The van der Waals surface area contributed by atoms with Gasteiger partial charge in [0.2, 0.25) is 0 Å². The van der Waals surface area contributed by atoms with E-state index in [0.29, 0.717) is 26.2 Å². The average molecular weight is 332 g/mol. The van der Waals surface area contributed by atoms with Crippen LogP contribution < -0.4 is 0 Å². The molecule has 1 heterocycles. The lowest BCUT2D eigenvalue weighted by atomic mass is 9.93. The molecular formula is C19H28N2O3. The quantitative estimate of drug-likeness (QED) is 0.814. The molecule has 0 atom stereocenters. The fourth-order valence-corrected chi connectivity index (χ4v) is 2.85. The first-order valence-electron chi connectivity index (χ1n) is 8.28. The number of benzene rings is 1. The highest BCUT2D eigenvalue weighted by Crippen LogP contribution is 2.25. The zero-order chi connectivity index (χ0) is 17.8. The fourth-order valence-electron chi connectivity index (χ4n) is 2.85. The van der Waals surface area contributed by atoms with E-state index in [9.17, 15) is 9.90 Å². The van der Waals surface area contributed by atoms with E-state index in [1.165, 1.54) is 5.56 Å². The Balaban J connectivity index is 1.89. The van der Waals surface area contributed by atoms with E-state index in [-0.39, 0.29) is 6.09 Å². The van der Waals surface area contributed by atoms with Crippen LogP contribution in [0.15, 0.2) is 43.0 Å². The van der Waals surface area contributed by atoms with Gasteiger partial charge in [-0.25, -0.2) is 4.79 Å². The Morgan fingerprint density at radius 2 is 2.00 bits per heavy atom. The van der Waals surface area contributed by atoms with E-state index in [2.05, 4.69) is 23.6 Å². The van der Waals surface area contributed by atoms with Gasteiger partial charge in [-0.15, -0.1) is 6.58 Å². The summed E-state index contributed by atoms with van der Waals surface area (Å²) in [4.78, 5) is 15.7. The number of β-amino-alcohol motifs (C(OH)–C–C–N with tert-alkyl or cyclic N) is 1. The van der Waals surface area contributed by atoms with Crippen molar-refractivity contribution in [2.75, 3.05) is 26.2 Å². The Morgan fingerprint density at radius 1 is 1.38 bits per heavy atom. The van der Waals surface area contributed by atoms with Crippen LogP contribution >= 0.6 is 0 Å². The van der Waals surface area contributed by atoms with Gasteiger partial charge in [0, 0.05) is 19.6 Å². The molecule has 1 aromatic carbocycles. The van der Waals surface area contributed by atoms with Gasteiger partial charge >= 0.3 is 6.09 Å². The molecule has 0 saturated carbocycles. The maximum atomic E-state index is 12.0. The first kappa shape index (κ1) is 18.5. The summed E-state index contributed by atoms with van der Waals surface area (Å²) in [7, 11) is 0. The van der Waals surface area contributed by atoms with Crippen LogP contribution in [0.1, 0.15) is 26.3 Å². The third-order valence-electron chi connectivity index (χ3n) is 3.78. The predicted molar refractivity (Wildman–Crippen MR) is 94.7 cm³/mol. The maximum Gasteiger partial charge on any atom is 0.410 e. The minimum absolute atomic E-state index is 0.296. The molecule has 1 amide bonds. The van der Waals surface area contributed by atoms with Gasteiger partial charge in [-0.3, -0.25) is 4.90 Å². The molecule has 1 N–H and O–H groups in total. The van der Waals surface area contributed by atoms with Gasteiger partial charge in [0.05, 0.1) is 13.1 Å². The minimum atomic E-state index is -0.894. The van der Waals surface area contributed by atoms with E-state index >= 15 is 0 Å². The highest BCUT2D eigenvalue weighted by Gasteiger charge is 2.45. The number of carbonyl (C=O) groups is 1. The van der Waals surface area contributed by atoms with E-state index < -0.39 is 11.2 Å². The Bertz CT molecular complexity index is 560. The van der Waals surface area contributed by atoms with E-state index in [0.717, 1.165) is 6.54 Å². The molecule has 0 unspecified atom stereocenters. The van der Waals surface area contributed by atoms with Crippen molar-refractivity contribution >= 4 is 6.09 Å². The van der Waals surface area contributed by atoms with E-state index in [4.69, 9.17) is 4.74 Å². The van der Waals surface area contributed by atoms with Gasteiger partial charge in [-0.1, -0.05) is 36.4 Å². The first-order valence-corrected chi connectivity index (χ1v) is 8.28. The highest BCUT2D eigenvalue weighted by atomic mass is 16.6. The predicted octanol–water partition coefficient (Wildman–Crippen LogP) is 2.66. The number of ether oxygens (including phenoxy) is 1. The molecule has 132 valence electrons. The molecular weight excluding hydrogens is 304 g/mol. The summed E-state index contributed by atoms with van der Waals surface area (Å²) in [5, 5.41) is 10.7. The van der Waals surface area contributed by atoms with Crippen LogP contribution in [0.5, 0.6) is 0 Å². The van der Waals surface area contributed by atoms with Gasteiger partial charge in [0.15, 0.2) is 0 Å². The number of nitrogens with zero attached hydrogens (tertiary/aromatic N) is 2. The summed E-state index contributed by atoms with van der Waals surface area (Å²) in [6, 6.07) is 10.1. The van der Waals surface area contributed by atoms with E-state index in [1.54, 1.807) is 4.90 Å². The molecule has 1 fully saturated rings. The second-order valence-electron chi connectivity index (χ2n) is 7.50. The van der Waals surface area contributed by atoms with Crippen molar-refractivity contribution in [2.24, 2.45) is 0 Å². The SMILES string of the molecule is C=CCN(Cc1ccccc1)CC1(O)CN(C(=O)OC(C)(C)C)C1. The number of aliphatic hydroxyl groups is 1. The van der Waals surface area contributed by atoms with Gasteiger partial charge in [-0.2, -0.15) is 0 Å². The Morgan fingerprint density at radius 3 is 2.54 bits per heavy atom. The lowest BCUT2D eigenvalue weighted by molar-refractivity contribution is -0.112. The van der Waals surface area contributed by atoms with E-state index in [1.807, 2.05) is 45.0 Å². The summed E-state index contributed by atoms with van der Waals surface area (Å²) in [6.45, 7) is 11.8. The number of amides is 1. The topological polar surface area (TPSA) is 53.0 Å². The molecule has 0 radical (unpaired) electrons. The summed E-state index contributed by atoms with van der Waals surface area (Å²) in [5.41, 5.74) is -0.229. The molecule has 0 aliphatic carbocycles. The van der Waals surface area contributed by atoms with Crippen LogP contribution in [0.3, 0.4) is 0 Å². The molecule has 5 nitrogen and oxygen atoms in total. The van der Waals surface area contributed by atoms with Gasteiger partial charge < -0.3 is 14.7 Å². The summed E-state index contributed by atoms with van der Waals surface area (Å²) >= 11 is 0. The van der Waals surface area contributed by atoms with Gasteiger partial charge in [0.1, 0.15) is 11.2 Å². The zero-order valence-electron chi connectivity index (χ0n) is 14.9. The van der Waals surface area contributed by atoms with Crippen LogP contribution in [0.4, 0.5) is 4.79 Å². The number of hydrogen-bond donors (Lipinski definition) is 1. The van der Waals surface area contributed by atoms with Crippen molar-refractivity contribution in [1.82, 2.24) is 9.80 Å². The van der Waals surface area contributed by atoms with Crippen molar-refractivity contribution in [1.29, 1.82) is 0 Å². The first-order chi connectivity index (χ1) is 11.2. The third kappa shape index (κ3) is 5.35. The molecule has 1 saturated heterocycles. The molecule has 0 spiro atoms. The lowest BCUT2D eigenvalue weighted by Gasteiger charge is -2.48. The minimum Gasteiger partial charge on any atom is -0.444 e. The van der Waals surface area contributed by atoms with Crippen molar-refractivity contribution in [3.8, 4) is 0 Å². The normalized spacial score (nSPS) is 16.6. The van der Waals surface area contributed by atoms with Crippen molar-refractivity contribution < 1.29 is 14.6 Å². The van der Waals surface area contributed by atoms with Crippen LogP contribution in [-0.4, -0.2) is 58.4 Å². The number of hydrogen-bond acceptors (Lipinski definition) is 4. The Kier molecular flexibility index (Phi) is 5.67. The second-order valence-corrected chi connectivity index (χ2v) is 7.50. The second kappa shape index (κ2) is 7.36. The molecule has 0 aromatic heterocycles. The van der Waals surface area contributed by atoms with Crippen LogP contribution in [0.25, 0.3) is 0 Å². The molecule has 1 aliphatic rings. The molecule has 2 rings (SSSR count). The lowest BCUT2D eigenvalue weighted by Crippen LogP contribution is -2.67. The summed E-state index contributed by atoms with van der Waals surface area (Å²) < 4.78 is 5.33. The highest BCUT2D eigenvalue weighted by molar-refractivity contribution is 5.69. The molecule has 5 heteroatoms. The fraction of sp³-hybridized carbons (Fsp3) is 0.526. The van der Waals surface area contributed by atoms with Gasteiger partial charge in [0.25, 0.3) is 0 Å². The van der Waals surface area contributed by atoms with Crippen molar-refractivity contribution in [3.63, 3.8) is 0 Å². The smallest absolute Gasteiger partial charge is 0.410 e. The molecule has 0 bridgehead atoms. The van der Waals surface area contributed by atoms with Crippen LogP contribution in [0.2, 0.25) is 0 Å². The molecule has 1 aromatic rings. The molecule has 1 aliphatic heterocycles. The van der Waals surface area contributed by atoms with Crippen molar-refractivity contribution in [3.05, 3.63) is 48.6 Å². The Hall–Kier alpha value is -1.85. The van der Waals surface area contributed by atoms with Crippen LogP contribution in [-0.2, 0) is 11.3 Å². The number of likely N-dealkylation sites (tertiary alicyclic amines) is 1. The largest absolute Gasteiger partial charge is 0.444 e. The van der Waals surface area contributed by atoms with Crippen molar-refractivity contribution in [2.45, 2.75) is 38.5 Å². The summed E-state index contributed by atoms with van der Waals surface area (Å²) in [5.74, 6) is 0. The maximum absolute atomic E-state index is 12.0. The average Bonchev–Trinajstić information content (AvgIpc) is 2.44. The standard InChI is InChI=1S/C19H28N2O3/c1-5-11-20(12-16-9-7-6-8-10-16)13-19(23)14-21(15-19)17(22)24-18(2,3)4/h5-10,23H,1,11-15H2,2-4H3. The Labute approximate surface area is 144 Å². The third-order valence-corrected chi connectivity index (χ3v) is 3.78.